The lowest BCUT2D eigenvalue weighted by molar-refractivity contribution is 0.134. The van der Waals surface area contributed by atoms with Gasteiger partial charge in [0.2, 0.25) is 0 Å². The van der Waals surface area contributed by atoms with Crippen molar-refractivity contribution in [3.63, 3.8) is 0 Å². The second-order valence-corrected chi connectivity index (χ2v) is 5.92. The molecule has 0 spiro atoms. The Kier molecular flexibility index (Phi) is 4.19. The summed E-state index contributed by atoms with van der Waals surface area (Å²) in [5, 5.41) is 12.6. The number of benzene rings is 2. The van der Waals surface area contributed by atoms with E-state index in [4.69, 9.17) is 5.73 Å². The van der Waals surface area contributed by atoms with Gasteiger partial charge in [0, 0.05) is 28.4 Å². The Balaban J connectivity index is 2.15. The van der Waals surface area contributed by atoms with Crippen molar-refractivity contribution in [2.45, 2.75) is 45.4 Å². The summed E-state index contributed by atoms with van der Waals surface area (Å²) in [5.41, 5.74) is 9.73. The molecule has 0 unspecified atom stereocenters. The van der Waals surface area contributed by atoms with Gasteiger partial charge in [-0.1, -0.05) is 37.6 Å². The summed E-state index contributed by atoms with van der Waals surface area (Å²) in [6.45, 7) is 5.17. The molecule has 3 rings (SSSR count). The Bertz CT molecular complexity index is 791. The molecule has 0 aliphatic heterocycles. The number of aromatic nitrogens is 1. The van der Waals surface area contributed by atoms with Crippen molar-refractivity contribution in [3.05, 3.63) is 48.0 Å². The molecule has 2 aromatic carbocycles. The van der Waals surface area contributed by atoms with Crippen molar-refractivity contribution in [2.24, 2.45) is 5.73 Å². The Morgan fingerprint density at radius 3 is 2.50 bits per heavy atom. The van der Waals surface area contributed by atoms with Crippen LogP contribution in [0.3, 0.4) is 0 Å². The van der Waals surface area contributed by atoms with Crippen molar-refractivity contribution in [1.29, 1.82) is 0 Å². The molecule has 2 atom stereocenters. The molecule has 116 valence electrons. The summed E-state index contributed by atoms with van der Waals surface area (Å²) in [7, 11) is 0. The summed E-state index contributed by atoms with van der Waals surface area (Å²) in [6, 6.07) is 14.5. The summed E-state index contributed by atoms with van der Waals surface area (Å²) < 4.78 is 2.32. The van der Waals surface area contributed by atoms with E-state index in [9.17, 15) is 5.11 Å². The lowest BCUT2D eigenvalue weighted by Crippen LogP contribution is -2.25. The number of aliphatic hydroxyl groups is 1. The third-order valence-electron chi connectivity index (χ3n) is 4.50. The van der Waals surface area contributed by atoms with E-state index in [1.165, 1.54) is 21.8 Å². The fourth-order valence-electron chi connectivity index (χ4n) is 3.32. The quantitative estimate of drug-likeness (QED) is 0.748. The molecular weight excluding hydrogens is 272 g/mol. The molecule has 3 aromatic rings. The molecular formula is C19H24N2O. The molecule has 0 bridgehead atoms. The van der Waals surface area contributed by atoms with Crippen LogP contribution in [0.25, 0.3) is 21.8 Å². The van der Waals surface area contributed by atoms with E-state index in [1.54, 1.807) is 0 Å². The molecule has 3 nitrogen and oxygen atoms in total. The molecule has 0 aliphatic rings. The van der Waals surface area contributed by atoms with Gasteiger partial charge in [0.25, 0.3) is 0 Å². The van der Waals surface area contributed by atoms with Crippen LogP contribution in [0, 0.1) is 0 Å². The maximum atomic E-state index is 10.2. The number of para-hydroxylation sites is 1. The van der Waals surface area contributed by atoms with E-state index in [0.717, 1.165) is 24.9 Å². The number of rotatable bonds is 5. The average molecular weight is 296 g/mol. The first kappa shape index (κ1) is 15.1. The zero-order valence-corrected chi connectivity index (χ0v) is 13.3. The number of aliphatic hydroxyl groups excluding tert-OH is 1. The molecule has 22 heavy (non-hydrogen) atoms. The van der Waals surface area contributed by atoms with Gasteiger partial charge < -0.3 is 15.4 Å². The number of hydrogen-bond acceptors (Lipinski definition) is 2. The topological polar surface area (TPSA) is 51.2 Å². The minimum atomic E-state index is -0.484. The van der Waals surface area contributed by atoms with Gasteiger partial charge in [-0.05, 0) is 37.1 Å². The minimum Gasteiger partial charge on any atom is -0.391 e. The van der Waals surface area contributed by atoms with Gasteiger partial charge in [-0.3, -0.25) is 0 Å². The van der Waals surface area contributed by atoms with Crippen LogP contribution in [0.15, 0.2) is 42.5 Å². The lowest BCUT2D eigenvalue weighted by Gasteiger charge is -2.18. The smallest absolute Gasteiger partial charge is 0.0732 e. The largest absolute Gasteiger partial charge is 0.391 e. The van der Waals surface area contributed by atoms with Crippen LogP contribution >= 0.6 is 0 Å². The van der Waals surface area contributed by atoms with Crippen LogP contribution in [0.5, 0.6) is 0 Å². The maximum Gasteiger partial charge on any atom is 0.0732 e. The molecule has 0 aliphatic carbocycles. The predicted molar refractivity (Wildman–Crippen MR) is 93.0 cm³/mol. The van der Waals surface area contributed by atoms with Gasteiger partial charge in [-0.25, -0.2) is 0 Å². The molecule has 3 N–H and O–H groups in total. The maximum absolute atomic E-state index is 10.2. The zero-order valence-electron chi connectivity index (χ0n) is 13.3. The fraction of sp³-hybridized carbons (Fsp3) is 0.368. The van der Waals surface area contributed by atoms with Gasteiger partial charge in [0.05, 0.1) is 12.1 Å². The molecule has 1 heterocycles. The van der Waals surface area contributed by atoms with Crippen LogP contribution in [-0.2, 0) is 6.54 Å². The van der Waals surface area contributed by atoms with Crippen molar-refractivity contribution >= 4 is 21.8 Å². The summed E-state index contributed by atoms with van der Waals surface area (Å²) in [5.74, 6) is 0. The van der Waals surface area contributed by atoms with E-state index < -0.39 is 6.10 Å². The molecule has 0 saturated carbocycles. The van der Waals surface area contributed by atoms with E-state index in [1.807, 2.05) is 0 Å². The minimum absolute atomic E-state index is 0.326. The predicted octanol–water partition coefficient (Wildman–Crippen LogP) is 3.98. The third kappa shape index (κ3) is 2.40. The summed E-state index contributed by atoms with van der Waals surface area (Å²) >= 11 is 0. The van der Waals surface area contributed by atoms with E-state index in [2.05, 4.69) is 60.9 Å². The van der Waals surface area contributed by atoms with Gasteiger partial charge in [0.1, 0.15) is 0 Å². The summed E-state index contributed by atoms with van der Waals surface area (Å²) in [6.07, 6.45) is 1.18. The monoisotopic (exact) mass is 296 g/mol. The van der Waals surface area contributed by atoms with E-state index >= 15 is 0 Å². The Morgan fingerprint density at radius 1 is 1.05 bits per heavy atom. The second kappa shape index (κ2) is 6.11. The number of hydrogen-bond donors (Lipinski definition) is 2. The Labute approximate surface area is 131 Å². The Morgan fingerprint density at radius 2 is 1.77 bits per heavy atom. The van der Waals surface area contributed by atoms with Gasteiger partial charge in [-0.15, -0.1) is 0 Å². The van der Waals surface area contributed by atoms with Gasteiger partial charge >= 0.3 is 0 Å². The van der Waals surface area contributed by atoms with Gasteiger partial charge in [-0.2, -0.15) is 0 Å². The number of nitrogens with two attached hydrogens (primary N) is 1. The highest BCUT2D eigenvalue weighted by atomic mass is 16.3. The first-order chi connectivity index (χ1) is 10.7. The molecule has 3 heteroatoms. The molecule has 1 aromatic heterocycles. The highest BCUT2D eigenvalue weighted by Crippen LogP contribution is 2.31. The fourth-order valence-corrected chi connectivity index (χ4v) is 3.32. The SMILES string of the molecule is CCC[C@@H](O)[C@@H](N)c1ccc2c(c1)c1ccccc1n2CC. The normalized spacial score (nSPS) is 14.5. The van der Waals surface area contributed by atoms with Crippen LogP contribution in [0.2, 0.25) is 0 Å². The van der Waals surface area contributed by atoms with Crippen LogP contribution < -0.4 is 5.73 Å². The van der Waals surface area contributed by atoms with Crippen LogP contribution in [0.4, 0.5) is 0 Å². The number of nitrogens with zero attached hydrogens (tertiary/aromatic N) is 1. The first-order valence-electron chi connectivity index (χ1n) is 8.11. The highest BCUT2D eigenvalue weighted by molar-refractivity contribution is 6.08. The van der Waals surface area contributed by atoms with Crippen molar-refractivity contribution < 1.29 is 5.11 Å². The second-order valence-electron chi connectivity index (χ2n) is 5.92. The van der Waals surface area contributed by atoms with E-state index in [-0.39, 0.29) is 6.04 Å². The van der Waals surface area contributed by atoms with Gasteiger partial charge in [0.15, 0.2) is 0 Å². The molecule has 0 saturated heterocycles. The summed E-state index contributed by atoms with van der Waals surface area (Å²) in [4.78, 5) is 0. The first-order valence-corrected chi connectivity index (χ1v) is 8.11. The third-order valence-corrected chi connectivity index (χ3v) is 4.50. The highest BCUT2D eigenvalue weighted by Gasteiger charge is 2.18. The molecule has 0 amide bonds. The average Bonchev–Trinajstić information content (AvgIpc) is 2.87. The van der Waals surface area contributed by atoms with Crippen molar-refractivity contribution in [3.8, 4) is 0 Å². The number of aryl methyl sites for hydroxylation is 1. The molecule has 0 fully saturated rings. The van der Waals surface area contributed by atoms with Crippen molar-refractivity contribution in [1.82, 2.24) is 4.57 Å². The van der Waals surface area contributed by atoms with Crippen molar-refractivity contribution in [2.75, 3.05) is 0 Å². The standard InChI is InChI=1S/C19H24N2O/c1-3-7-18(22)19(20)13-10-11-17-15(12-13)14-8-5-6-9-16(14)21(17)4-2/h5-6,8-12,18-19,22H,3-4,7,20H2,1-2H3/t18-,19+/m1/s1. The van der Waals surface area contributed by atoms with Crippen LogP contribution in [0.1, 0.15) is 38.3 Å². The Hall–Kier alpha value is -1.84. The van der Waals surface area contributed by atoms with Crippen LogP contribution in [-0.4, -0.2) is 15.8 Å². The number of fused-ring (bicyclic) bond motifs is 3. The molecule has 0 radical (unpaired) electrons. The van der Waals surface area contributed by atoms with E-state index in [0.29, 0.717) is 0 Å². The zero-order chi connectivity index (χ0) is 15.7. The lowest BCUT2D eigenvalue weighted by atomic mass is 9.97.